The number of rotatable bonds is 0. The fourth-order valence-electron chi connectivity index (χ4n) is 0. The van der Waals surface area contributed by atoms with Crippen molar-refractivity contribution in [1.82, 2.24) is 0 Å². The maximum Gasteiger partial charge on any atom is 0 e. The van der Waals surface area contributed by atoms with Crippen LogP contribution in [0.5, 0.6) is 0 Å². The van der Waals surface area contributed by atoms with Crippen LogP contribution < -0.4 is 0 Å². The van der Waals surface area contributed by atoms with E-state index in [0.717, 1.165) is 0 Å². The minimum atomic E-state index is 0. The average Bonchev–Trinajstić information content (AvgIpc) is 0. The molecule has 0 aliphatic heterocycles. The summed E-state index contributed by atoms with van der Waals surface area (Å²) in [6, 6.07) is 0. The maximum absolute atomic E-state index is 0. The van der Waals surface area contributed by atoms with Gasteiger partial charge in [0.05, 0.1) is 0 Å². The summed E-state index contributed by atoms with van der Waals surface area (Å²) in [7, 11) is 0. The van der Waals surface area contributed by atoms with Gasteiger partial charge in [-0.25, -0.2) is 0 Å². The first-order valence-corrected chi connectivity index (χ1v) is 0. The van der Waals surface area contributed by atoms with Gasteiger partial charge in [0.15, 0.2) is 0 Å². The zero-order valence-corrected chi connectivity index (χ0v) is 8.32. The van der Waals surface area contributed by atoms with Crippen LogP contribution >= 0.6 is 0 Å². The van der Waals surface area contributed by atoms with E-state index in [1.54, 1.807) is 0 Å². The van der Waals surface area contributed by atoms with E-state index in [9.17, 15) is 0 Å². The summed E-state index contributed by atoms with van der Waals surface area (Å²) in [5, 5.41) is 0. The number of hydrogen-bond donors (Lipinski definition) is 0. The Morgan fingerprint density at radius 2 is 1.00 bits per heavy atom. The molecular weight excluding hydrogens is 327 g/mol. The van der Waals surface area contributed by atoms with Gasteiger partial charge in [0.25, 0.3) is 0 Å². The molecular formula is CuNiPdTiV. The number of hydrogen-bond acceptors (Lipinski definition) is 0. The summed E-state index contributed by atoms with van der Waals surface area (Å²) in [5.74, 6) is 0. The van der Waals surface area contributed by atoms with Crippen LogP contribution in [-0.4, -0.2) is 0 Å². The van der Waals surface area contributed by atoms with Crippen molar-refractivity contribution in [2.75, 3.05) is 0 Å². The first kappa shape index (κ1) is 43.8. The van der Waals surface area contributed by atoms with Gasteiger partial charge in [-0.05, 0) is 0 Å². The van der Waals surface area contributed by atoms with Crippen LogP contribution in [0, 0.1) is 0 Å². The SMILES string of the molecule is [Cu].[Ni].[Pd].[Ti].[V]. The zero-order valence-electron chi connectivity index (χ0n) is 1.88. The molecule has 5 heteroatoms. The largest absolute Gasteiger partial charge is 0 e. The van der Waals surface area contributed by atoms with Gasteiger partial charge in [-0.1, -0.05) is 0 Å². The molecule has 2 radical (unpaired) electrons. The zero-order chi connectivity index (χ0) is 0. The van der Waals surface area contributed by atoms with Crippen molar-refractivity contribution >= 4 is 0 Å². The van der Waals surface area contributed by atoms with Crippen molar-refractivity contribution in [2.24, 2.45) is 0 Å². The van der Waals surface area contributed by atoms with Crippen LogP contribution in [0.1, 0.15) is 0 Å². The Hall–Kier alpha value is 2.97. The molecule has 0 aromatic carbocycles. The molecule has 0 aromatic rings. The minimum Gasteiger partial charge on any atom is 0 e. The summed E-state index contributed by atoms with van der Waals surface area (Å²) in [6.07, 6.45) is 0. The summed E-state index contributed by atoms with van der Waals surface area (Å²) < 4.78 is 0. The molecule has 0 atom stereocenters. The molecule has 0 aliphatic rings. The van der Waals surface area contributed by atoms with E-state index >= 15 is 0 Å². The fraction of sp³-hybridized carbons (Fsp3) is 0. The predicted molar refractivity (Wildman–Crippen MR) is 0 cm³/mol. The first-order valence-electron chi connectivity index (χ1n) is 0. The predicted octanol–water partition coefficient (Wildman–Crippen LogP) is -0.0125. The van der Waals surface area contributed by atoms with Gasteiger partial charge < -0.3 is 0 Å². The Morgan fingerprint density at radius 3 is 1.00 bits per heavy atom. The van der Waals surface area contributed by atoms with Gasteiger partial charge in [-0.2, -0.15) is 0 Å². The quantitative estimate of drug-likeness (QED) is 0.549. The third kappa shape index (κ3) is 19.5. The van der Waals surface area contributed by atoms with Crippen LogP contribution in [0.2, 0.25) is 0 Å². The van der Waals surface area contributed by atoms with Crippen molar-refractivity contribution in [1.29, 1.82) is 0 Å². The van der Waals surface area contributed by atoms with Crippen LogP contribution in [0.15, 0.2) is 0 Å². The van der Waals surface area contributed by atoms with Crippen molar-refractivity contribution in [3.8, 4) is 0 Å². The molecule has 0 spiro atoms. The van der Waals surface area contributed by atoms with Gasteiger partial charge in [0, 0.05) is 94.3 Å². The Bertz CT molecular complexity index is 11.6. The van der Waals surface area contributed by atoms with Crippen molar-refractivity contribution in [3.63, 3.8) is 0 Å². The van der Waals surface area contributed by atoms with Crippen molar-refractivity contribution in [2.45, 2.75) is 0 Å². The monoisotopic (exact) mass is 326 g/mol. The Labute approximate surface area is 92.8 Å². The molecule has 5 heavy (non-hydrogen) atoms. The van der Waals surface area contributed by atoms with Gasteiger partial charge >= 0.3 is 0 Å². The minimum absolute atomic E-state index is 0. The Morgan fingerprint density at radius 1 is 1.00 bits per heavy atom. The summed E-state index contributed by atoms with van der Waals surface area (Å²) in [4.78, 5) is 0. The fourth-order valence-corrected chi connectivity index (χ4v) is 0. The Kier molecular flexibility index (Phi) is 247. The van der Waals surface area contributed by atoms with Crippen molar-refractivity contribution < 1.29 is 94.3 Å². The molecule has 0 aromatic heterocycles. The van der Waals surface area contributed by atoms with Crippen LogP contribution in [0.4, 0.5) is 0 Å². The first-order chi connectivity index (χ1) is 0. The molecule has 0 saturated carbocycles. The summed E-state index contributed by atoms with van der Waals surface area (Å²) in [5.41, 5.74) is 0. The van der Waals surface area contributed by atoms with Gasteiger partial charge in [0.1, 0.15) is 0 Å². The smallest absolute Gasteiger partial charge is 0 e. The van der Waals surface area contributed by atoms with Crippen molar-refractivity contribution in [3.05, 3.63) is 0 Å². The Balaban J connectivity index is 0. The van der Waals surface area contributed by atoms with Gasteiger partial charge in [-0.3, -0.25) is 0 Å². The molecule has 0 aliphatic carbocycles. The molecule has 0 heterocycles. The topological polar surface area (TPSA) is 0 Å². The second-order valence-electron chi connectivity index (χ2n) is 0. The summed E-state index contributed by atoms with van der Waals surface area (Å²) >= 11 is 0. The van der Waals surface area contributed by atoms with E-state index in [1.165, 1.54) is 0 Å². The van der Waals surface area contributed by atoms with E-state index in [0.29, 0.717) is 0 Å². The molecule has 0 fully saturated rings. The maximum atomic E-state index is 0. The second kappa shape index (κ2) is 28.1. The van der Waals surface area contributed by atoms with Crippen LogP contribution in [-0.2, 0) is 94.3 Å². The third-order valence-electron chi connectivity index (χ3n) is 0. The van der Waals surface area contributed by atoms with Gasteiger partial charge in [-0.15, -0.1) is 0 Å². The van der Waals surface area contributed by atoms with E-state index in [2.05, 4.69) is 0 Å². The standard InChI is InChI=1S/Cu.Ni.Pd.Ti.V. The van der Waals surface area contributed by atoms with Crippen LogP contribution in [0.3, 0.4) is 0 Å². The normalized spacial score (nSPS) is 0. The van der Waals surface area contributed by atoms with E-state index < -0.39 is 0 Å². The molecule has 0 N–H and O–H groups in total. The third-order valence-corrected chi connectivity index (χ3v) is 0. The molecule has 0 saturated heterocycles. The summed E-state index contributed by atoms with van der Waals surface area (Å²) in [6.45, 7) is 0. The average molecular weight is 327 g/mol. The second-order valence-corrected chi connectivity index (χ2v) is 0. The molecule has 0 amide bonds. The van der Waals surface area contributed by atoms with Crippen LogP contribution in [0.25, 0.3) is 0 Å². The molecule has 40 valence electrons. The van der Waals surface area contributed by atoms with E-state index in [4.69, 9.17) is 0 Å². The molecule has 0 unspecified atom stereocenters. The molecule has 0 bridgehead atoms. The molecule has 0 rings (SSSR count). The van der Waals surface area contributed by atoms with E-state index in [-0.39, 0.29) is 94.3 Å². The molecule has 0 nitrogen and oxygen atoms in total. The van der Waals surface area contributed by atoms with E-state index in [1.807, 2.05) is 0 Å². The van der Waals surface area contributed by atoms with Gasteiger partial charge in [0.2, 0.25) is 0 Å².